The van der Waals surface area contributed by atoms with E-state index in [0.29, 0.717) is 23.6 Å². The van der Waals surface area contributed by atoms with E-state index >= 15 is 0 Å². The molecule has 0 aliphatic carbocycles. The number of ketones is 1. The van der Waals surface area contributed by atoms with E-state index in [0.717, 1.165) is 22.3 Å². The van der Waals surface area contributed by atoms with Crippen molar-refractivity contribution in [3.8, 4) is 11.1 Å². The fourth-order valence-electron chi connectivity index (χ4n) is 3.76. The van der Waals surface area contributed by atoms with Gasteiger partial charge in [0.2, 0.25) is 5.91 Å². The number of hydrogen-bond donors (Lipinski definition) is 2. The number of Topliss-reactive ketones (excluding diaryl/α,β-unsaturated/α-hetero) is 1. The fraction of sp³-hybridized carbons (Fsp3) is 0.174. The molecule has 4 rings (SSSR count). The molecule has 1 aromatic heterocycles. The van der Waals surface area contributed by atoms with Gasteiger partial charge in [-0.15, -0.1) is 0 Å². The molecule has 5 nitrogen and oxygen atoms in total. The van der Waals surface area contributed by atoms with E-state index in [1.165, 1.54) is 19.1 Å². The number of halogens is 1. The number of nitrogens with one attached hydrogen (secondary N) is 2. The predicted octanol–water partition coefficient (Wildman–Crippen LogP) is 4.55. The van der Waals surface area contributed by atoms with Crippen LogP contribution in [0.3, 0.4) is 0 Å². The lowest BCUT2D eigenvalue weighted by atomic mass is 9.87. The first-order valence-corrected chi connectivity index (χ1v) is 9.35. The van der Waals surface area contributed by atoms with Gasteiger partial charge in [-0.25, -0.2) is 9.37 Å². The Labute approximate surface area is 168 Å². The Kier molecular flexibility index (Phi) is 4.84. The highest BCUT2D eigenvalue weighted by Crippen LogP contribution is 2.40. The van der Waals surface area contributed by atoms with Gasteiger partial charge in [0, 0.05) is 36.5 Å². The van der Waals surface area contributed by atoms with Gasteiger partial charge in [0.05, 0.1) is 5.92 Å². The molecule has 0 radical (unpaired) electrons. The van der Waals surface area contributed by atoms with Crippen molar-refractivity contribution in [2.45, 2.75) is 19.8 Å². The molecule has 146 valence electrons. The van der Waals surface area contributed by atoms with Crippen LogP contribution in [0.15, 0.2) is 54.7 Å². The van der Waals surface area contributed by atoms with Gasteiger partial charge < -0.3 is 10.6 Å². The third kappa shape index (κ3) is 3.61. The minimum atomic E-state index is -0.473. The summed E-state index contributed by atoms with van der Waals surface area (Å²) in [5.74, 6) is -0.545. The number of amides is 1. The summed E-state index contributed by atoms with van der Waals surface area (Å²) in [6, 6.07) is 13.6. The number of aryl methyl sites for hydroxylation is 1. The van der Waals surface area contributed by atoms with E-state index in [4.69, 9.17) is 0 Å². The second-order valence-electron chi connectivity index (χ2n) is 7.14. The number of aromatic nitrogens is 1. The quantitative estimate of drug-likeness (QED) is 0.643. The molecule has 2 heterocycles. The largest absolute Gasteiger partial charge is 0.369 e. The van der Waals surface area contributed by atoms with E-state index in [2.05, 4.69) is 15.6 Å². The van der Waals surface area contributed by atoms with Gasteiger partial charge >= 0.3 is 0 Å². The molecule has 1 amide bonds. The minimum Gasteiger partial charge on any atom is -0.369 e. The fourth-order valence-corrected chi connectivity index (χ4v) is 3.76. The van der Waals surface area contributed by atoms with Crippen LogP contribution < -0.4 is 10.6 Å². The van der Waals surface area contributed by atoms with Crippen molar-refractivity contribution in [1.82, 2.24) is 4.98 Å². The van der Waals surface area contributed by atoms with Crippen molar-refractivity contribution >= 4 is 23.2 Å². The Hall–Kier alpha value is -3.54. The Morgan fingerprint density at radius 2 is 2.00 bits per heavy atom. The number of nitrogens with zero attached hydrogens (tertiary/aromatic N) is 1. The van der Waals surface area contributed by atoms with Gasteiger partial charge in [0.15, 0.2) is 5.78 Å². The molecule has 1 unspecified atom stereocenters. The highest BCUT2D eigenvalue weighted by atomic mass is 19.1. The Bertz CT molecular complexity index is 1130. The zero-order chi connectivity index (χ0) is 20.5. The molecule has 0 saturated heterocycles. The molecule has 0 spiro atoms. The summed E-state index contributed by atoms with van der Waals surface area (Å²) < 4.78 is 13.8. The number of benzene rings is 2. The summed E-state index contributed by atoms with van der Waals surface area (Å²) in [5.41, 5.74) is 4.32. The number of pyridine rings is 1. The van der Waals surface area contributed by atoms with Gasteiger partial charge in [-0.05, 0) is 53.9 Å². The van der Waals surface area contributed by atoms with Crippen LogP contribution in [0.1, 0.15) is 34.3 Å². The second-order valence-corrected chi connectivity index (χ2v) is 7.14. The summed E-state index contributed by atoms with van der Waals surface area (Å²) in [7, 11) is 0. The maximum Gasteiger partial charge on any atom is 0.221 e. The zero-order valence-electron chi connectivity index (χ0n) is 16.1. The Morgan fingerprint density at radius 1 is 1.17 bits per heavy atom. The smallest absolute Gasteiger partial charge is 0.221 e. The average Bonchev–Trinajstić information content (AvgIpc) is 3.13. The summed E-state index contributed by atoms with van der Waals surface area (Å²) in [4.78, 5) is 29.1. The number of rotatable bonds is 4. The molecule has 3 aromatic rings. The molecule has 2 N–H and O–H groups in total. The van der Waals surface area contributed by atoms with E-state index < -0.39 is 11.7 Å². The van der Waals surface area contributed by atoms with E-state index in [1.807, 2.05) is 30.3 Å². The van der Waals surface area contributed by atoms with Crippen molar-refractivity contribution in [3.63, 3.8) is 0 Å². The van der Waals surface area contributed by atoms with Crippen LogP contribution in [0.5, 0.6) is 0 Å². The SMILES string of the molecule is CC(=O)Nc1cccc(-c2ccnc3c2C(C(=O)c2cc(F)ccc2C)CN3)c1. The van der Waals surface area contributed by atoms with Crippen LogP contribution in [0.2, 0.25) is 0 Å². The normalized spacial score (nSPS) is 14.8. The van der Waals surface area contributed by atoms with E-state index in [1.54, 1.807) is 19.2 Å². The topological polar surface area (TPSA) is 71.1 Å². The maximum atomic E-state index is 13.8. The van der Waals surface area contributed by atoms with Crippen molar-refractivity contribution < 1.29 is 14.0 Å². The van der Waals surface area contributed by atoms with Crippen molar-refractivity contribution in [2.75, 3.05) is 17.2 Å². The van der Waals surface area contributed by atoms with Crippen LogP contribution >= 0.6 is 0 Å². The van der Waals surface area contributed by atoms with Gasteiger partial charge in [0.25, 0.3) is 0 Å². The van der Waals surface area contributed by atoms with Crippen LogP contribution in [-0.4, -0.2) is 23.2 Å². The molecule has 6 heteroatoms. The lowest BCUT2D eigenvalue weighted by molar-refractivity contribution is -0.114. The molecule has 1 aliphatic rings. The molecular formula is C23H20FN3O2. The summed E-state index contributed by atoms with van der Waals surface area (Å²) in [5, 5.41) is 5.97. The number of hydrogen-bond acceptors (Lipinski definition) is 4. The molecule has 0 bridgehead atoms. The lowest BCUT2D eigenvalue weighted by Crippen LogP contribution is -2.16. The molecule has 1 aliphatic heterocycles. The number of anilines is 2. The van der Waals surface area contributed by atoms with Crippen LogP contribution in [0.4, 0.5) is 15.9 Å². The molecule has 1 atom stereocenters. The standard InChI is InChI=1S/C23H20FN3O2/c1-13-6-7-16(24)11-19(13)22(29)20-12-26-23-21(20)18(8-9-25-23)15-4-3-5-17(10-15)27-14(2)28/h3-11,20H,12H2,1-2H3,(H,25,26)(H,27,28). The van der Waals surface area contributed by atoms with Crippen molar-refractivity contribution in [3.05, 3.63) is 77.2 Å². The Morgan fingerprint density at radius 3 is 2.79 bits per heavy atom. The molecule has 2 aromatic carbocycles. The van der Waals surface area contributed by atoms with Gasteiger partial charge in [0.1, 0.15) is 11.6 Å². The molecule has 29 heavy (non-hydrogen) atoms. The monoisotopic (exact) mass is 389 g/mol. The minimum absolute atomic E-state index is 0.138. The summed E-state index contributed by atoms with van der Waals surface area (Å²) in [6.07, 6.45) is 1.69. The van der Waals surface area contributed by atoms with Crippen molar-refractivity contribution in [2.24, 2.45) is 0 Å². The third-order valence-electron chi connectivity index (χ3n) is 5.09. The van der Waals surface area contributed by atoms with Crippen molar-refractivity contribution in [1.29, 1.82) is 0 Å². The number of carbonyl (C=O) groups is 2. The van der Waals surface area contributed by atoms with Crippen LogP contribution in [-0.2, 0) is 4.79 Å². The molecule has 0 fully saturated rings. The third-order valence-corrected chi connectivity index (χ3v) is 5.09. The highest BCUT2D eigenvalue weighted by Gasteiger charge is 2.33. The lowest BCUT2D eigenvalue weighted by Gasteiger charge is -2.15. The van der Waals surface area contributed by atoms with E-state index in [9.17, 15) is 14.0 Å². The number of carbonyl (C=O) groups excluding carboxylic acids is 2. The second kappa shape index (κ2) is 7.47. The predicted molar refractivity (Wildman–Crippen MR) is 111 cm³/mol. The summed E-state index contributed by atoms with van der Waals surface area (Å²) >= 11 is 0. The molecule has 0 saturated carbocycles. The highest BCUT2D eigenvalue weighted by molar-refractivity contribution is 6.05. The molecular weight excluding hydrogens is 369 g/mol. The van der Waals surface area contributed by atoms with Crippen LogP contribution in [0, 0.1) is 12.7 Å². The van der Waals surface area contributed by atoms with E-state index in [-0.39, 0.29) is 11.7 Å². The first kappa shape index (κ1) is 18.8. The first-order valence-electron chi connectivity index (χ1n) is 9.35. The van der Waals surface area contributed by atoms with Crippen LogP contribution in [0.25, 0.3) is 11.1 Å². The van der Waals surface area contributed by atoms with Gasteiger partial charge in [-0.2, -0.15) is 0 Å². The van der Waals surface area contributed by atoms with Gasteiger partial charge in [-0.1, -0.05) is 18.2 Å². The Balaban J connectivity index is 1.78. The number of fused-ring (bicyclic) bond motifs is 1. The summed E-state index contributed by atoms with van der Waals surface area (Å²) in [6.45, 7) is 3.66. The van der Waals surface area contributed by atoms with Gasteiger partial charge in [-0.3, -0.25) is 9.59 Å². The maximum absolute atomic E-state index is 13.8. The first-order chi connectivity index (χ1) is 13.9. The average molecular weight is 389 g/mol. The zero-order valence-corrected chi connectivity index (χ0v) is 16.1.